The molecule has 1 aliphatic carbocycles. The van der Waals surface area contributed by atoms with Crippen LogP contribution in [0.1, 0.15) is 60.0 Å². The van der Waals surface area contributed by atoms with Crippen LogP contribution in [-0.2, 0) is 4.74 Å². The van der Waals surface area contributed by atoms with E-state index < -0.39 is 0 Å². The predicted molar refractivity (Wildman–Crippen MR) is 85.7 cm³/mol. The number of benzene rings is 1. The Hall–Kier alpha value is -1.35. The van der Waals surface area contributed by atoms with E-state index in [1.807, 2.05) is 32.0 Å². The third kappa shape index (κ3) is 5.16. The number of hydrogen-bond acceptors (Lipinski definition) is 2. The molecule has 0 saturated heterocycles. The molecule has 0 aromatic heterocycles. The van der Waals surface area contributed by atoms with Crippen molar-refractivity contribution < 1.29 is 9.53 Å². The van der Waals surface area contributed by atoms with Crippen LogP contribution in [0.5, 0.6) is 0 Å². The lowest BCUT2D eigenvalue weighted by molar-refractivity contribution is 0.0273. The molecule has 1 fully saturated rings. The average molecular weight is 289 g/mol. The monoisotopic (exact) mass is 289 g/mol. The topological polar surface area (TPSA) is 38.3 Å². The van der Waals surface area contributed by atoms with Gasteiger partial charge in [-0.1, -0.05) is 37.0 Å². The molecular formula is C18H27NO2. The van der Waals surface area contributed by atoms with E-state index in [1.165, 1.54) is 32.1 Å². The van der Waals surface area contributed by atoms with E-state index in [2.05, 4.69) is 5.32 Å². The van der Waals surface area contributed by atoms with Crippen LogP contribution < -0.4 is 5.32 Å². The highest BCUT2D eigenvalue weighted by molar-refractivity contribution is 5.95. The van der Waals surface area contributed by atoms with Gasteiger partial charge in [-0.15, -0.1) is 0 Å². The van der Waals surface area contributed by atoms with E-state index >= 15 is 0 Å². The predicted octanol–water partition coefficient (Wildman–Crippen LogP) is 3.77. The van der Waals surface area contributed by atoms with E-state index in [4.69, 9.17) is 4.74 Å². The highest BCUT2D eigenvalue weighted by atomic mass is 16.5. The van der Waals surface area contributed by atoms with Crippen LogP contribution in [0.3, 0.4) is 0 Å². The summed E-state index contributed by atoms with van der Waals surface area (Å²) in [6.45, 7) is 5.41. The van der Waals surface area contributed by atoms with Gasteiger partial charge >= 0.3 is 0 Å². The van der Waals surface area contributed by atoms with Crippen LogP contribution >= 0.6 is 0 Å². The van der Waals surface area contributed by atoms with Gasteiger partial charge in [-0.25, -0.2) is 0 Å². The lowest BCUT2D eigenvalue weighted by atomic mass is 9.98. The van der Waals surface area contributed by atoms with E-state index in [1.54, 1.807) is 0 Å². The summed E-state index contributed by atoms with van der Waals surface area (Å²) in [5.74, 6) is 0.0221. The van der Waals surface area contributed by atoms with Crippen molar-refractivity contribution in [2.45, 2.75) is 58.5 Å². The van der Waals surface area contributed by atoms with E-state index in [0.717, 1.165) is 29.7 Å². The fourth-order valence-electron chi connectivity index (χ4n) is 2.83. The molecule has 1 amide bonds. The number of aryl methyl sites for hydroxylation is 2. The molecule has 0 spiro atoms. The largest absolute Gasteiger partial charge is 0.378 e. The second kappa shape index (κ2) is 8.18. The lowest BCUT2D eigenvalue weighted by Crippen LogP contribution is -2.27. The zero-order valence-corrected chi connectivity index (χ0v) is 13.3. The molecule has 0 unspecified atom stereocenters. The Bertz CT molecular complexity index is 464. The van der Waals surface area contributed by atoms with Crippen molar-refractivity contribution in [2.24, 2.45) is 0 Å². The van der Waals surface area contributed by atoms with E-state index in [9.17, 15) is 4.79 Å². The van der Waals surface area contributed by atoms with Crippen molar-refractivity contribution in [1.29, 1.82) is 0 Å². The third-order valence-corrected chi connectivity index (χ3v) is 4.15. The maximum Gasteiger partial charge on any atom is 0.251 e. The quantitative estimate of drug-likeness (QED) is 0.810. The molecule has 1 aromatic carbocycles. The van der Waals surface area contributed by atoms with Crippen molar-refractivity contribution in [3.8, 4) is 0 Å². The maximum absolute atomic E-state index is 12.1. The molecule has 0 bridgehead atoms. The molecule has 0 atom stereocenters. The molecule has 1 saturated carbocycles. The Kier molecular flexibility index (Phi) is 6.24. The van der Waals surface area contributed by atoms with Crippen molar-refractivity contribution in [3.05, 3.63) is 34.9 Å². The van der Waals surface area contributed by atoms with Crippen LogP contribution in [0.2, 0.25) is 0 Å². The summed E-state index contributed by atoms with van der Waals surface area (Å²) >= 11 is 0. The molecule has 2 rings (SSSR count). The molecule has 3 nitrogen and oxygen atoms in total. The van der Waals surface area contributed by atoms with Crippen LogP contribution in [0.25, 0.3) is 0 Å². The number of amides is 1. The van der Waals surface area contributed by atoms with E-state index in [0.29, 0.717) is 12.6 Å². The zero-order chi connectivity index (χ0) is 15.1. The van der Waals surface area contributed by atoms with Crippen LogP contribution in [0.4, 0.5) is 0 Å². The molecule has 1 aliphatic rings. The van der Waals surface area contributed by atoms with Gasteiger partial charge in [0.15, 0.2) is 0 Å². The molecule has 1 aromatic rings. The number of rotatable bonds is 6. The highest BCUT2D eigenvalue weighted by Gasteiger charge is 2.13. The SMILES string of the molecule is Cc1ccc(C)c(C(=O)NCCCOC2CCCCC2)c1. The number of carbonyl (C=O) groups is 1. The van der Waals surface area contributed by atoms with Crippen molar-refractivity contribution in [3.63, 3.8) is 0 Å². The zero-order valence-electron chi connectivity index (χ0n) is 13.3. The fraction of sp³-hybridized carbons (Fsp3) is 0.611. The second-order valence-corrected chi connectivity index (χ2v) is 6.06. The molecule has 0 heterocycles. The molecule has 116 valence electrons. The lowest BCUT2D eigenvalue weighted by Gasteiger charge is -2.21. The van der Waals surface area contributed by atoms with Crippen LogP contribution in [0, 0.1) is 13.8 Å². The minimum absolute atomic E-state index is 0.0221. The molecule has 21 heavy (non-hydrogen) atoms. The van der Waals surface area contributed by atoms with Crippen LogP contribution in [0.15, 0.2) is 18.2 Å². The summed E-state index contributed by atoms with van der Waals surface area (Å²) in [7, 11) is 0. The summed E-state index contributed by atoms with van der Waals surface area (Å²) in [5.41, 5.74) is 2.92. The maximum atomic E-state index is 12.1. The van der Waals surface area contributed by atoms with E-state index in [-0.39, 0.29) is 5.91 Å². The first-order valence-corrected chi connectivity index (χ1v) is 8.14. The first kappa shape index (κ1) is 16.0. The summed E-state index contributed by atoms with van der Waals surface area (Å²) < 4.78 is 5.86. The minimum Gasteiger partial charge on any atom is -0.378 e. The van der Waals surface area contributed by atoms with Gasteiger partial charge in [0.1, 0.15) is 0 Å². The van der Waals surface area contributed by atoms with Gasteiger partial charge < -0.3 is 10.1 Å². The number of hydrogen-bond donors (Lipinski definition) is 1. The summed E-state index contributed by atoms with van der Waals surface area (Å²) in [6, 6.07) is 5.98. The average Bonchev–Trinajstić information content (AvgIpc) is 2.50. The smallest absolute Gasteiger partial charge is 0.251 e. The highest BCUT2D eigenvalue weighted by Crippen LogP contribution is 2.20. The van der Waals surface area contributed by atoms with Crippen molar-refractivity contribution in [2.75, 3.05) is 13.2 Å². The second-order valence-electron chi connectivity index (χ2n) is 6.06. The molecular weight excluding hydrogens is 262 g/mol. The summed E-state index contributed by atoms with van der Waals surface area (Å²) in [4.78, 5) is 12.1. The van der Waals surface area contributed by atoms with Gasteiger partial charge in [0.05, 0.1) is 6.10 Å². The Labute approximate surface area is 128 Å². The molecule has 0 aliphatic heterocycles. The Morgan fingerprint density at radius 2 is 2.00 bits per heavy atom. The molecule has 3 heteroatoms. The van der Waals surface area contributed by atoms with Gasteiger partial charge in [-0.2, -0.15) is 0 Å². The van der Waals surface area contributed by atoms with Crippen LogP contribution in [-0.4, -0.2) is 25.2 Å². The fourth-order valence-corrected chi connectivity index (χ4v) is 2.83. The molecule has 0 radical (unpaired) electrons. The first-order chi connectivity index (χ1) is 10.2. The summed E-state index contributed by atoms with van der Waals surface area (Å²) in [6.07, 6.45) is 7.69. The first-order valence-electron chi connectivity index (χ1n) is 8.14. The third-order valence-electron chi connectivity index (χ3n) is 4.15. The molecule has 1 N–H and O–H groups in total. The van der Waals surface area contributed by atoms with Gasteiger partial charge in [0.2, 0.25) is 0 Å². The Balaban J connectivity index is 1.66. The Morgan fingerprint density at radius 3 is 2.76 bits per heavy atom. The normalized spacial score (nSPS) is 15.9. The van der Waals surface area contributed by atoms with Crippen molar-refractivity contribution in [1.82, 2.24) is 5.32 Å². The minimum atomic E-state index is 0.0221. The number of nitrogens with one attached hydrogen (secondary N) is 1. The Morgan fingerprint density at radius 1 is 1.24 bits per heavy atom. The van der Waals surface area contributed by atoms with Gasteiger partial charge in [0, 0.05) is 18.7 Å². The summed E-state index contributed by atoms with van der Waals surface area (Å²) in [5, 5.41) is 2.99. The van der Waals surface area contributed by atoms with Gasteiger partial charge in [-0.05, 0) is 44.7 Å². The van der Waals surface area contributed by atoms with Crippen molar-refractivity contribution >= 4 is 5.91 Å². The number of ether oxygens (including phenoxy) is 1. The standard InChI is InChI=1S/C18H27NO2/c1-14-9-10-15(2)17(13-14)18(20)19-11-6-12-21-16-7-4-3-5-8-16/h9-10,13,16H,3-8,11-12H2,1-2H3,(H,19,20). The van der Waals surface area contributed by atoms with Gasteiger partial charge in [-0.3, -0.25) is 4.79 Å². The van der Waals surface area contributed by atoms with Gasteiger partial charge in [0.25, 0.3) is 5.91 Å². The number of carbonyl (C=O) groups excluding carboxylic acids is 1.